The molecule has 1 aliphatic rings. The fraction of sp³-hybridized carbons (Fsp3) is 0.667. The molecule has 1 aromatic carbocycles. The quantitative estimate of drug-likeness (QED) is 0.846. The van der Waals surface area contributed by atoms with Gasteiger partial charge in [-0.3, -0.25) is 0 Å². The molecule has 0 spiro atoms. The molecule has 1 fully saturated rings. The zero-order valence-corrected chi connectivity index (χ0v) is 14.0. The monoisotopic (exact) mass is 291 g/mol. The van der Waals surface area contributed by atoms with Gasteiger partial charge in [-0.15, -0.1) is 0 Å². The molecule has 1 aromatic rings. The first-order valence-corrected chi connectivity index (χ1v) is 7.86. The number of rotatable bonds is 6. The van der Waals surface area contributed by atoms with Crippen LogP contribution in [0.3, 0.4) is 0 Å². The summed E-state index contributed by atoms with van der Waals surface area (Å²) in [5, 5.41) is 13.1. The van der Waals surface area contributed by atoms with Crippen molar-refractivity contribution in [2.45, 2.75) is 64.5 Å². The second kappa shape index (κ2) is 5.98. The molecule has 1 aliphatic carbocycles. The molecule has 2 rings (SSSR count). The summed E-state index contributed by atoms with van der Waals surface area (Å²) in [7, 11) is 0. The summed E-state index contributed by atoms with van der Waals surface area (Å²) in [4.78, 5) is 0. The minimum Gasteiger partial charge on any atom is -0.491 e. The Balaban J connectivity index is 2.02. The van der Waals surface area contributed by atoms with E-state index in [1.54, 1.807) is 0 Å². The van der Waals surface area contributed by atoms with E-state index in [1.165, 1.54) is 18.4 Å². The summed E-state index contributed by atoms with van der Waals surface area (Å²) in [6.45, 7) is 11.3. The maximum atomic E-state index is 9.62. The molecule has 0 amide bonds. The van der Waals surface area contributed by atoms with Gasteiger partial charge in [-0.05, 0) is 49.3 Å². The number of hydrogen-bond donors (Lipinski definition) is 2. The summed E-state index contributed by atoms with van der Waals surface area (Å²) >= 11 is 0. The topological polar surface area (TPSA) is 41.5 Å². The molecule has 0 saturated heterocycles. The predicted octanol–water partition coefficient (Wildman–Crippen LogP) is 3.17. The van der Waals surface area contributed by atoms with Crippen molar-refractivity contribution < 1.29 is 9.84 Å². The Morgan fingerprint density at radius 1 is 1.24 bits per heavy atom. The first-order valence-electron chi connectivity index (χ1n) is 7.86. The Kier molecular flexibility index (Phi) is 4.64. The van der Waals surface area contributed by atoms with Crippen LogP contribution in [-0.2, 0) is 5.41 Å². The van der Waals surface area contributed by atoms with E-state index < -0.39 is 0 Å². The lowest BCUT2D eigenvalue weighted by molar-refractivity contribution is 0.114. The van der Waals surface area contributed by atoms with E-state index in [0.29, 0.717) is 12.6 Å². The van der Waals surface area contributed by atoms with Crippen molar-refractivity contribution >= 4 is 0 Å². The van der Waals surface area contributed by atoms with Crippen molar-refractivity contribution in [1.82, 2.24) is 5.32 Å². The zero-order valence-electron chi connectivity index (χ0n) is 14.0. The normalized spacial score (nSPS) is 18.4. The maximum Gasteiger partial charge on any atom is 0.122 e. The molecule has 21 heavy (non-hydrogen) atoms. The van der Waals surface area contributed by atoms with Crippen LogP contribution in [0.5, 0.6) is 5.75 Å². The second-order valence-corrected chi connectivity index (χ2v) is 7.66. The molecule has 118 valence electrons. The van der Waals surface area contributed by atoms with E-state index in [9.17, 15) is 5.11 Å². The molecule has 0 heterocycles. The lowest BCUT2D eigenvalue weighted by Crippen LogP contribution is -2.51. The largest absolute Gasteiger partial charge is 0.491 e. The third-order valence-electron chi connectivity index (χ3n) is 4.07. The van der Waals surface area contributed by atoms with Gasteiger partial charge in [-0.1, -0.05) is 32.9 Å². The van der Waals surface area contributed by atoms with Gasteiger partial charge in [0.15, 0.2) is 0 Å². The van der Waals surface area contributed by atoms with Crippen molar-refractivity contribution in [2.75, 3.05) is 13.2 Å². The van der Waals surface area contributed by atoms with Crippen LogP contribution >= 0.6 is 0 Å². The number of nitrogens with one attached hydrogen (secondary N) is 1. The van der Waals surface area contributed by atoms with Gasteiger partial charge in [0.05, 0.1) is 12.1 Å². The van der Waals surface area contributed by atoms with E-state index in [4.69, 9.17) is 4.74 Å². The SMILES string of the molecule is Cc1cc(C(C)(C)C)ccc1OCC(C)(CO)NC1CC1. The molecule has 1 atom stereocenters. The Morgan fingerprint density at radius 2 is 1.90 bits per heavy atom. The molecular weight excluding hydrogens is 262 g/mol. The minimum atomic E-state index is -0.365. The maximum absolute atomic E-state index is 9.62. The van der Waals surface area contributed by atoms with E-state index in [0.717, 1.165) is 11.3 Å². The Bertz CT molecular complexity index is 488. The number of aliphatic hydroxyl groups excluding tert-OH is 1. The van der Waals surface area contributed by atoms with Crippen molar-refractivity contribution in [3.63, 3.8) is 0 Å². The number of hydrogen-bond acceptors (Lipinski definition) is 3. The van der Waals surface area contributed by atoms with Gasteiger partial charge in [0, 0.05) is 6.04 Å². The van der Waals surface area contributed by atoms with Gasteiger partial charge >= 0.3 is 0 Å². The van der Waals surface area contributed by atoms with Crippen LogP contribution in [-0.4, -0.2) is 29.9 Å². The Morgan fingerprint density at radius 3 is 2.38 bits per heavy atom. The summed E-state index contributed by atoms with van der Waals surface area (Å²) < 4.78 is 5.97. The smallest absolute Gasteiger partial charge is 0.122 e. The average molecular weight is 291 g/mol. The van der Waals surface area contributed by atoms with E-state index in [-0.39, 0.29) is 17.6 Å². The van der Waals surface area contributed by atoms with Crippen LogP contribution in [0, 0.1) is 6.92 Å². The van der Waals surface area contributed by atoms with Crippen LogP contribution in [0.15, 0.2) is 18.2 Å². The fourth-order valence-electron chi connectivity index (χ4n) is 2.37. The highest BCUT2D eigenvalue weighted by atomic mass is 16.5. The first-order chi connectivity index (χ1) is 9.73. The molecule has 0 radical (unpaired) electrons. The number of aliphatic hydroxyl groups is 1. The van der Waals surface area contributed by atoms with Crippen molar-refractivity contribution in [3.05, 3.63) is 29.3 Å². The van der Waals surface area contributed by atoms with Gasteiger partial charge in [0.1, 0.15) is 12.4 Å². The summed E-state index contributed by atoms with van der Waals surface area (Å²) in [6.07, 6.45) is 2.41. The molecule has 0 aliphatic heterocycles. The minimum absolute atomic E-state index is 0.0859. The highest BCUT2D eigenvalue weighted by Crippen LogP contribution is 2.28. The van der Waals surface area contributed by atoms with E-state index in [1.807, 2.05) is 13.0 Å². The van der Waals surface area contributed by atoms with Crippen LogP contribution in [0.2, 0.25) is 0 Å². The van der Waals surface area contributed by atoms with Crippen molar-refractivity contribution in [3.8, 4) is 5.75 Å². The highest BCUT2D eigenvalue weighted by Gasteiger charge is 2.32. The highest BCUT2D eigenvalue weighted by molar-refractivity contribution is 5.38. The van der Waals surface area contributed by atoms with Gasteiger partial charge in [-0.25, -0.2) is 0 Å². The fourth-order valence-corrected chi connectivity index (χ4v) is 2.37. The van der Waals surface area contributed by atoms with Gasteiger partial charge < -0.3 is 15.2 Å². The summed E-state index contributed by atoms with van der Waals surface area (Å²) in [5.41, 5.74) is 2.25. The van der Waals surface area contributed by atoms with Gasteiger partial charge in [-0.2, -0.15) is 0 Å². The molecule has 0 bridgehead atoms. The molecule has 1 saturated carbocycles. The van der Waals surface area contributed by atoms with Gasteiger partial charge in [0.2, 0.25) is 0 Å². The molecule has 2 N–H and O–H groups in total. The summed E-state index contributed by atoms with van der Waals surface area (Å²) in [5.74, 6) is 0.903. The van der Waals surface area contributed by atoms with Crippen molar-refractivity contribution in [1.29, 1.82) is 0 Å². The number of aryl methyl sites for hydroxylation is 1. The van der Waals surface area contributed by atoms with Crippen LogP contribution in [0.1, 0.15) is 51.7 Å². The number of ether oxygens (including phenoxy) is 1. The zero-order chi connectivity index (χ0) is 15.7. The summed E-state index contributed by atoms with van der Waals surface area (Å²) in [6, 6.07) is 6.92. The lowest BCUT2D eigenvalue weighted by Gasteiger charge is -2.29. The second-order valence-electron chi connectivity index (χ2n) is 7.66. The predicted molar refractivity (Wildman–Crippen MR) is 87.0 cm³/mol. The number of benzene rings is 1. The van der Waals surface area contributed by atoms with Gasteiger partial charge in [0.25, 0.3) is 0 Å². The first kappa shape index (κ1) is 16.3. The Labute approximate surface area is 128 Å². The third-order valence-corrected chi connectivity index (χ3v) is 4.07. The van der Waals surface area contributed by atoms with Crippen LogP contribution in [0.4, 0.5) is 0 Å². The van der Waals surface area contributed by atoms with E-state index >= 15 is 0 Å². The molecule has 3 nitrogen and oxygen atoms in total. The molecule has 1 unspecified atom stereocenters. The van der Waals surface area contributed by atoms with Crippen LogP contribution < -0.4 is 10.1 Å². The van der Waals surface area contributed by atoms with Crippen molar-refractivity contribution in [2.24, 2.45) is 0 Å². The Hall–Kier alpha value is -1.06. The molecule has 0 aromatic heterocycles. The van der Waals surface area contributed by atoms with Crippen LogP contribution in [0.25, 0.3) is 0 Å². The molecule has 3 heteroatoms. The lowest BCUT2D eigenvalue weighted by atomic mass is 9.86. The van der Waals surface area contributed by atoms with E-state index in [2.05, 4.69) is 45.1 Å². The standard InChI is InChI=1S/C18H29NO2/c1-13-10-14(17(2,3)4)6-9-16(13)21-12-18(5,11-20)19-15-7-8-15/h6,9-10,15,19-20H,7-8,11-12H2,1-5H3. The molecular formula is C18H29NO2. The third kappa shape index (κ3) is 4.45. The average Bonchev–Trinajstić information content (AvgIpc) is 3.20.